The summed E-state index contributed by atoms with van der Waals surface area (Å²) in [6.07, 6.45) is -0.161. The van der Waals surface area contributed by atoms with Gasteiger partial charge in [0.05, 0.1) is 11.0 Å². The summed E-state index contributed by atoms with van der Waals surface area (Å²) in [6.45, 7) is 1.94. The first-order valence-corrected chi connectivity index (χ1v) is 6.79. The molecular formula is C11H14FNO3S. The molecule has 1 atom stereocenters. The van der Waals surface area contributed by atoms with Crippen molar-refractivity contribution in [3.05, 3.63) is 29.6 Å². The Morgan fingerprint density at radius 3 is 2.71 bits per heavy atom. The lowest BCUT2D eigenvalue weighted by Gasteiger charge is -2.16. The van der Waals surface area contributed by atoms with Crippen LogP contribution in [0.3, 0.4) is 0 Å². The van der Waals surface area contributed by atoms with Crippen LogP contribution in [-0.2, 0) is 10.0 Å². The Bertz CT molecular complexity index is 530. The smallest absolute Gasteiger partial charge is 0.243 e. The van der Waals surface area contributed by atoms with Crippen LogP contribution in [0.4, 0.5) is 4.39 Å². The van der Waals surface area contributed by atoms with E-state index < -0.39 is 21.9 Å². The zero-order valence-corrected chi connectivity index (χ0v) is 10.2. The third-order valence-electron chi connectivity index (χ3n) is 2.89. The number of aliphatic hydroxyl groups excluding tert-OH is 1. The molecule has 0 saturated carbocycles. The number of aliphatic hydroxyl groups is 1. The number of hydrogen-bond donors (Lipinski definition) is 1. The molecule has 0 spiro atoms. The minimum Gasteiger partial charge on any atom is -0.392 e. The summed E-state index contributed by atoms with van der Waals surface area (Å²) in [5.41, 5.74) is 0.297. The Labute approximate surface area is 99.7 Å². The number of hydrogen-bond acceptors (Lipinski definition) is 3. The van der Waals surface area contributed by atoms with E-state index in [1.54, 1.807) is 0 Å². The van der Waals surface area contributed by atoms with Gasteiger partial charge in [0, 0.05) is 13.1 Å². The second-order valence-electron chi connectivity index (χ2n) is 4.22. The molecule has 0 aromatic heterocycles. The van der Waals surface area contributed by atoms with E-state index >= 15 is 0 Å². The van der Waals surface area contributed by atoms with Crippen LogP contribution < -0.4 is 0 Å². The van der Waals surface area contributed by atoms with Crippen LogP contribution in [-0.4, -0.2) is 37.0 Å². The lowest BCUT2D eigenvalue weighted by atomic mass is 10.2. The number of sulfonamides is 1. The zero-order valence-electron chi connectivity index (χ0n) is 9.43. The van der Waals surface area contributed by atoms with Gasteiger partial charge in [-0.2, -0.15) is 4.31 Å². The molecule has 0 amide bonds. The molecule has 0 bridgehead atoms. The standard InChI is InChI=1S/C11H14FNO3S/c1-8-6-10(2-3-11(8)12)17(15,16)13-5-4-9(14)7-13/h2-3,6,9,14H,4-5,7H2,1H3. The second kappa shape index (κ2) is 4.36. The fraction of sp³-hybridized carbons (Fsp3) is 0.455. The Hall–Kier alpha value is -0.980. The SMILES string of the molecule is Cc1cc(S(=O)(=O)N2CCC(O)C2)ccc1F. The first kappa shape index (κ1) is 12.5. The van der Waals surface area contributed by atoms with Crippen LogP contribution in [0.15, 0.2) is 23.1 Å². The number of aryl methyl sites for hydroxylation is 1. The van der Waals surface area contributed by atoms with E-state index in [9.17, 15) is 17.9 Å². The quantitative estimate of drug-likeness (QED) is 0.858. The topological polar surface area (TPSA) is 57.6 Å². The van der Waals surface area contributed by atoms with Crippen LogP contribution in [0.5, 0.6) is 0 Å². The van der Waals surface area contributed by atoms with E-state index in [1.165, 1.54) is 23.4 Å². The van der Waals surface area contributed by atoms with Crippen molar-refractivity contribution in [3.8, 4) is 0 Å². The maximum Gasteiger partial charge on any atom is 0.243 e. The maximum atomic E-state index is 13.1. The summed E-state index contributed by atoms with van der Waals surface area (Å²) >= 11 is 0. The van der Waals surface area contributed by atoms with Gasteiger partial charge in [0.1, 0.15) is 5.82 Å². The summed E-state index contributed by atoms with van der Waals surface area (Å²) < 4.78 is 38.6. The van der Waals surface area contributed by atoms with Crippen molar-refractivity contribution in [2.45, 2.75) is 24.3 Å². The Morgan fingerprint density at radius 1 is 1.47 bits per heavy atom. The summed E-state index contributed by atoms with van der Waals surface area (Å²) in [5.74, 6) is -0.426. The van der Waals surface area contributed by atoms with Crippen LogP contribution >= 0.6 is 0 Å². The van der Waals surface area contributed by atoms with Crippen LogP contribution in [0.1, 0.15) is 12.0 Å². The molecule has 1 aromatic rings. The Morgan fingerprint density at radius 2 is 2.18 bits per heavy atom. The van der Waals surface area contributed by atoms with E-state index in [0.29, 0.717) is 18.5 Å². The molecule has 0 radical (unpaired) electrons. The molecule has 1 aromatic carbocycles. The number of β-amino-alcohol motifs (C(OH)–C–C–N with tert-alkyl or cyclic N) is 1. The lowest BCUT2D eigenvalue weighted by molar-refractivity contribution is 0.189. The molecule has 1 fully saturated rings. The highest BCUT2D eigenvalue weighted by Crippen LogP contribution is 2.22. The number of rotatable bonds is 2. The largest absolute Gasteiger partial charge is 0.392 e. The van der Waals surface area contributed by atoms with E-state index in [4.69, 9.17) is 0 Å². The van der Waals surface area contributed by atoms with Gasteiger partial charge in [-0.05, 0) is 37.1 Å². The highest BCUT2D eigenvalue weighted by atomic mass is 32.2. The molecule has 4 nitrogen and oxygen atoms in total. The minimum atomic E-state index is -3.60. The average Bonchev–Trinajstić information content (AvgIpc) is 2.69. The first-order valence-electron chi connectivity index (χ1n) is 5.35. The van der Waals surface area contributed by atoms with E-state index in [1.807, 2.05) is 0 Å². The van der Waals surface area contributed by atoms with Crippen LogP contribution in [0.2, 0.25) is 0 Å². The molecule has 1 aliphatic heterocycles. The van der Waals surface area contributed by atoms with Gasteiger partial charge in [0.25, 0.3) is 0 Å². The van der Waals surface area contributed by atoms with Gasteiger partial charge in [-0.3, -0.25) is 0 Å². The van der Waals surface area contributed by atoms with Crippen LogP contribution in [0.25, 0.3) is 0 Å². The van der Waals surface area contributed by atoms with Crippen molar-refractivity contribution in [1.29, 1.82) is 0 Å². The van der Waals surface area contributed by atoms with Gasteiger partial charge < -0.3 is 5.11 Å². The van der Waals surface area contributed by atoms with Gasteiger partial charge in [0.2, 0.25) is 10.0 Å². The molecule has 1 heterocycles. The van der Waals surface area contributed by atoms with Gasteiger partial charge >= 0.3 is 0 Å². The van der Waals surface area contributed by atoms with E-state index in [-0.39, 0.29) is 11.4 Å². The molecule has 17 heavy (non-hydrogen) atoms. The Kier molecular flexibility index (Phi) is 3.20. The molecule has 1 saturated heterocycles. The second-order valence-corrected chi connectivity index (χ2v) is 6.15. The lowest BCUT2D eigenvalue weighted by Crippen LogP contribution is -2.29. The molecule has 6 heteroatoms. The predicted molar refractivity (Wildman–Crippen MR) is 60.5 cm³/mol. The number of nitrogens with zero attached hydrogens (tertiary/aromatic N) is 1. The average molecular weight is 259 g/mol. The summed E-state index contributed by atoms with van der Waals surface area (Å²) in [4.78, 5) is 0.0745. The van der Waals surface area contributed by atoms with Gasteiger partial charge in [-0.25, -0.2) is 12.8 Å². The molecule has 1 unspecified atom stereocenters. The monoisotopic (exact) mass is 259 g/mol. The zero-order chi connectivity index (χ0) is 12.6. The summed E-state index contributed by atoms with van der Waals surface area (Å²) in [6, 6.07) is 3.71. The fourth-order valence-electron chi connectivity index (χ4n) is 1.86. The first-order chi connectivity index (χ1) is 7.91. The van der Waals surface area contributed by atoms with Crippen molar-refractivity contribution >= 4 is 10.0 Å². The van der Waals surface area contributed by atoms with Crippen molar-refractivity contribution in [2.24, 2.45) is 0 Å². The number of halogens is 1. The normalized spacial score (nSPS) is 21.9. The van der Waals surface area contributed by atoms with Crippen molar-refractivity contribution in [2.75, 3.05) is 13.1 Å². The van der Waals surface area contributed by atoms with Gasteiger partial charge in [-0.15, -0.1) is 0 Å². The van der Waals surface area contributed by atoms with Crippen molar-refractivity contribution in [1.82, 2.24) is 4.31 Å². The predicted octanol–water partition coefficient (Wildman–Crippen LogP) is 0.889. The maximum absolute atomic E-state index is 13.1. The van der Waals surface area contributed by atoms with Gasteiger partial charge in [-0.1, -0.05) is 0 Å². The third kappa shape index (κ3) is 2.34. The van der Waals surface area contributed by atoms with E-state index in [0.717, 1.165) is 6.07 Å². The number of benzene rings is 1. The van der Waals surface area contributed by atoms with Crippen molar-refractivity contribution in [3.63, 3.8) is 0 Å². The summed E-state index contributed by atoms with van der Waals surface area (Å²) in [5, 5.41) is 9.34. The fourth-order valence-corrected chi connectivity index (χ4v) is 3.43. The molecule has 0 aliphatic carbocycles. The highest BCUT2D eigenvalue weighted by Gasteiger charge is 2.31. The van der Waals surface area contributed by atoms with Gasteiger partial charge in [0.15, 0.2) is 0 Å². The molecule has 94 valence electrons. The molecule has 1 aliphatic rings. The Balaban J connectivity index is 2.35. The van der Waals surface area contributed by atoms with E-state index in [2.05, 4.69) is 0 Å². The third-order valence-corrected chi connectivity index (χ3v) is 4.75. The van der Waals surface area contributed by atoms with Crippen molar-refractivity contribution < 1.29 is 17.9 Å². The molecule has 2 rings (SSSR count). The minimum absolute atomic E-state index is 0.0745. The highest BCUT2D eigenvalue weighted by molar-refractivity contribution is 7.89. The molecular weight excluding hydrogens is 245 g/mol. The molecule has 1 N–H and O–H groups in total. The summed E-state index contributed by atoms with van der Waals surface area (Å²) in [7, 11) is -3.60. The van der Waals surface area contributed by atoms with Crippen LogP contribution in [0, 0.1) is 12.7 Å².